The first-order valence-electron chi connectivity index (χ1n) is 5.98. The topological polar surface area (TPSA) is 44.3 Å². The highest BCUT2D eigenvalue weighted by Gasteiger charge is 2.32. The summed E-state index contributed by atoms with van der Waals surface area (Å²) in [5.41, 5.74) is 1.03. The van der Waals surface area contributed by atoms with Crippen molar-refractivity contribution >= 4 is 23.0 Å². The molecule has 0 radical (unpaired) electrons. The molecule has 0 spiro atoms. The molecule has 0 aromatic heterocycles. The van der Waals surface area contributed by atoms with Gasteiger partial charge in [-0.2, -0.15) is 0 Å². The third kappa shape index (κ3) is 3.12. The highest BCUT2D eigenvalue weighted by molar-refractivity contribution is 7.90. The molecule has 1 N–H and O–H groups in total. The van der Waals surface area contributed by atoms with Crippen LogP contribution >= 0.6 is 11.6 Å². The van der Waals surface area contributed by atoms with Crippen LogP contribution in [0.2, 0.25) is 5.02 Å². The molecular weight excluding hydrogens is 270 g/mol. The molecule has 1 unspecified atom stereocenters. The zero-order valence-corrected chi connectivity index (χ0v) is 12.4. The number of hydrogen-bond donors (Lipinski definition) is 1. The molecule has 0 saturated carbocycles. The number of halogens is 1. The van der Waals surface area contributed by atoms with Gasteiger partial charge in [0.15, 0.2) is 0 Å². The number of rotatable bonds is 2. The van der Waals surface area contributed by atoms with Crippen molar-refractivity contribution in [2.75, 3.05) is 6.61 Å². The van der Waals surface area contributed by atoms with Crippen molar-refractivity contribution in [3.63, 3.8) is 0 Å². The summed E-state index contributed by atoms with van der Waals surface area (Å²) in [5.74, 6) is 0.789. The average Bonchev–Trinajstić information content (AvgIpc) is 2.27. The second-order valence-corrected chi connectivity index (χ2v) is 7.81. The molecule has 3 nitrogen and oxygen atoms in total. The minimum Gasteiger partial charge on any atom is -0.598 e. The number of hydrogen-bond acceptors (Lipinski definition) is 3. The fourth-order valence-corrected chi connectivity index (χ4v) is 2.81. The van der Waals surface area contributed by atoms with E-state index in [0.29, 0.717) is 11.6 Å². The first kappa shape index (κ1) is 14.0. The van der Waals surface area contributed by atoms with Gasteiger partial charge in [0.25, 0.3) is 0 Å². The van der Waals surface area contributed by atoms with Gasteiger partial charge in [-0.05, 0) is 32.9 Å². The minimum atomic E-state index is -1.09. The molecule has 0 amide bonds. The molecule has 1 aliphatic rings. The Morgan fingerprint density at radius 3 is 2.83 bits per heavy atom. The monoisotopic (exact) mass is 287 g/mol. The van der Waals surface area contributed by atoms with Gasteiger partial charge in [-0.25, -0.2) is 0 Å². The molecule has 0 aliphatic carbocycles. The Bertz CT molecular complexity index is 433. The molecule has 2 rings (SSSR count). The summed E-state index contributed by atoms with van der Waals surface area (Å²) in [7, 11) is 0. The number of ether oxygens (including phenoxy) is 1. The molecular formula is C13H18ClNO2S. The maximum absolute atomic E-state index is 12.1. The fraction of sp³-hybridized carbons (Fsp3) is 0.538. The van der Waals surface area contributed by atoms with Gasteiger partial charge in [-0.1, -0.05) is 17.7 Å². The second kappa shape index (κ2) is 5.29. The zero-order chi connectivity index (χ0) is 13.3. The lowest BCUT2D eigenvalue weighted by Gasteiger charge is -2.31. The van der Waals surface area contributed by atoms with Gasteiger partial charge in [-0.15, -0.1) is 4.72 Å². The highest BCUT2D eigenvalue weighted by atomic mass is 35.5. The average molecular weight is 288 g/mol. The van der Waals surface area contributed by atoms with Crippen molar-refractivity contribution in [2.24, 2.45) is 0 Å². The van der Waals surface area contributed by atoms with Crippen molar-refractivity contribution in [1.29, 1.82) is 0 Å². The van der Waals surface area contributed by atoms with Crippen molar-refractivity contribution in [2.45, 2.75) is 38.0 Å². The van der Waals surface area contributed by atoms with Crippen LogP contribution in [0.4, 0.5) is 0 Å². The molecule has 1 aliphatic heterocycles. The predicted octanol–water partition coefficient (Wildman–Crippen LogP) is 3.22. The lowest BCUT2D eigenvalue weighted by atomic mass is 10.0. The van der Waals surface area contributed by atoms with Gasteiger partial charge >= 0.3 is 0 Å². The van der Waals surface area contributed by atoms with E-state index in [-0.39, 0.29) is 10.8 Å². The van der Waals surface area contributed by atoms with Crippen LogP contribution in [-0.2, 0) is 11.4 Å². The summed E-state index contributed by atoms with van der Waals surface area (Å²) in [4.78, 5) is 0. The Morgan fingerprint density at radius 2 is 2.17 bits per heavy atom. The van der Waals surface area contributed by atoms with E-state index in [1.807, 2.05) is 39.0 Å². The van der Waals surface area contributed by atoms with E-state index in [2.05, 4.69) is 4.72 Å². The number of fused-ring (bicyclic) bond motifs is 1. The van der Waals surface area contributed by atoms with Crippen molar-refractivity contribution in [1.82, 2.24) is 4.72 Å². The van der Waals surface area contributed by atoms with Gasteiger partial charge in [0.1, 0.15) is 10.5 Å². The molecule has 0 fully saturated rings. The summed E-state index contributed by atoms with van der Waals surface area (Å²) < 4.78 is 20.6. The Balaban J connectivity index is 2.18. The quantitative estimate of drug-likeness (QED) is 0.850. The molecule has 18 heavy (non-hydrogen) atoms. The van der Waals surface area contributed by atoms with Crippen LogP contribution < -0.4 is 9.46 Å². The van der Waals surface area contributed by atoms with Crippen LogP contribution in [0.3, 0.4) is 0 Å². The number of benzene rings is 1. The third-order valence-corrected chi connectivity index (χ3v) is 4.67. The highest BCUT2D eigenvalue weighted by Crippen LogP contribution is 2.35. The Hall–Kier alpha value is -0.420. The van der Waals surface area contributed by atoms with E-state index in [1.165, 1.54) is 0 Å². The van der Waals surface area contributed by atoms with E-state index in [0.717, 1.165) is 17.7 Å². The summed E-state index contributed by atoms with van der Waals surface area (Å²) in [6.07, 6.45) is 0.816. The largest absolute Gasteiger partial charge is 0.598 e. The standard InChI is InChI=1S/C13H18ClNO2S/c1-13(2,3)18(16)15-11-6-7-17-12-8-9(14)4-5-10(11)12/h4-5,8,11,15H,6-7H2,1-3H3/t11-,18?/m1/s1. The minimum absolute atomic E-state index is 0.0612. The molecule has 1 aromatic carbocycles. The van der Waals surface area contributed by atoms with Gasteiger partial charge in [-0.3, -0.25) is 0 Å². The molecule has 5 heteroatoms. The van der Waals surface area contributed by atoms with Crippen LogP contribution in [0, 0.1) is 0 Å². The molecule has 0 bridgehead atoms. The van der Waals surface area contributed by atoms with Crippen molar-refractivity contribution < 1.29 is 9.29 Å². The van der Waals surface area contributed by atoms with Crippen LogP contribution in [0.5, 0.6) is 5.75 Å². The van der Waals surface area contributed by atoms with Crippen LogP contribution in [0.15, 0.2) is 18.2 Å². The molecule has 1 aromatic rings. The normalized spacial score (nSPS) is 21.1. The Labute approximate surface area is 116 Å². The molecule has 0 saturated heterocycles. The third-order valence-electron chi connectivity index (χ3n) is 2.82. The van der Waals surface area contributed by atoms with Crippen LogP contribution in [0.25, 0.3) is 0 Å². The summed E-state index contributed by atoms with van der Waals surface area (Å²) in [6.45, 7) is 6.49. The van der Waals surface area contributed by atoms with E-state index in [1.54, 1.807) is 0 Å². The fourth-order valence-electron chi connectivity index (χ4n) is 1.79. The van der Waals surface area contributed by atoms with Gasteiger partial charge in [0, 0.05) is 28.4 Å². The molecule has 1 heterocycles. The summed E-state index contributed by atoms with van der Waals surface area (Å²) in [6, 6.07) is 5.65. The van der Waals surface area contributed by atoms with Crippen molar-refractivity contribution in [3.05, 3.63) is 28.8 Å². The number of nitrogens with one attached hydrogen (secondary N) is 1. The molecule has 100 valence electrons. The second-order valence-electron chi connectivity index (χ2n) is 5.37. The van der Waals surface area contributed by atoms with E-state index in [9.17, 15) is 4.55 Å². The van der Waals surface area contributed by atoms with E-state index in [4.69, 9.17) is 16.3 Å². The van der Waals surface area contributed by atoms with Gasteiger partial charge in [0.05, 0.1) is 12.6 Å². The van der Waals surface area contributed by atoms with Crippen molar-refractivity contribution in [3.8, 4) is 5.75 Å². The van der Waals surface area contributed by atoms with Gasteiger partial charge in [0.2, 0.25) is 0 Å². The smallest absolute Gasteiger partial charge is 0.136 e. The van der Waals surface area contributed by atoms with E-state index < -0.39 is 11.4 Å². The van der Waals surface area contributed by atoms with Gasteiger partial charge < -0.3 is 9.29 Å². The SMILES string of the molecule is CC(C)(C)[S+]([O-])N[C@@H]1CCOc2cc(Cl)ccc21. The molecule has 2 atom stereocenters. The Kier molecular flexibility index (Phi) is 4.11. The first-order valence-corrected chi connectivity index (χ1v) is 7.51. The first-order chi connectivity index (χ1) is 8.38. The predicted molar refractivity (Wildman–Crippen MR) is 75.3 cm³/mol. The lowest BCUT2D eigenvalue weighted by molar-refractivity contribution is 0.262. The zero-order valence-electron chi connectivity index (χ0n) is 10.8. The maximum atomic E-state index is 12.1. The van der Waals surface area contributed by atoms with E-state index >= 15 is 0 Å². The Morgan fingerprint density at radius 1 is 1.44 bits per heavy atom. The lowest BCUT2D eigenvalue weighted by Crippen LogP contribution is -2.42. The van der Waals surface area contributed by atoms with Crippen LogP contribution in [-0.4, -0.2) is 15.9 Å². The summed E-state index contributed by atoms with van der Waals surface area (Å²) in [5, 5.41) is 0.659. The summed E-state index contributed by atoms with van der Waals surface area (Å²) >= 11 is 4.86. The maximum Gasteiger partial charge on any atom is 0.136 e. The van der Waals surface area contributed by atoms with Crippen LogP contribution in [0.1, 0.15) is 38.8 Å².